The lowest BCUT2D eigenvalue weighted by Gasteiger charge is -2.07. The Kier molecular flexibility index (Phi) is 4.40. The summed E-state index contributed by atoms with van der Waals surface area (Å²) in [5.74, 6) is 0.505. The summed E-state index contributed by atoms with van der Waals surface area (Å²) in [4.78, 5) is 4.16. The SMILES string of the molecule is CSc1n[nH]c(NC(=S)Nc2ccc(Cl)cc2)n1. The van der Waals surface area contributed by atoms with Gasteiger partial charge in [-0.25, -0.2) is 5.10 Å². The minimum absolute atomic E-state index is 0.432. The number of thioether (sulfide) groups is 1. The number of rotatable bonds is 3. The molecule has 1 heterocycles. The first-order valence-corrected chi connectivity index (χ1v) is 6.98. The van der Waals surface area contributed by atoms with Crippen LogP contribution in [0.5, 0.6) is 0 Å². The van der Waals surface area contributed by atoms with Crippen molar-refractivity contribution in [2.75, 3.05) is 16.9 Å². The average Bonchev–Trinajstić information content (AvgIpc) is 2.79. The Labute approximate surface area is 119 Å². The van der Waals surface area contributed by atoms with Crippen molar-refractivity contribution >= 4 is 52.3 Å². The van der Waals surface area contributed by atoms with Gasteiger partial charge >= 0.3 is 0 Å². The normalized spacial score (nSPS) is 10.1. The fourth-order valence-corrected chi connectivity index (χ4v) is 1.86. The van der Waals surface area contributed by atoms with E-state index in [4.69, 9.17) is 23.8 Å². The number of halogens is 1. The topological polar surface area (TPSA) is 65.6 Å². The van der Waals surface area contributed by atoms with Crippen LogP contribution in [-0.4, -0.2) is 26.5 Å². The third kappa shape index (κ3) is 3.59. The lowest BCUT2D eigenvalue weighted by atomic mass is 10.3. The van der Waals surface area contributed by atoms with Crippen molar-refractivity contribution in [3.8, 4) is 0 Å². The summed E-state index contributed by atoms with van der Waals surface area (Å²) in [7, 11) is 0. The fourth-order valence-electron chi connectivity index (χ4n) is 1.20. The van der Waals surface area contributed by atoms with Gasteiger partial charge in [-0.1, -0.05) is 23.4 Å². The van der Waals surface area contributed by atoms with Crippen LogP contribution in [0.15, 0.2) is 29.4 Å². The number of aromatic amines is 1. The van der Waals surface area contributed by atoms with Crippen LogP contribution in [-0.2, 0) is 0 Å². The summed E-state index contributed by atoms with van der Waals surface area (Å²) in [6.45, 7) is 0. The Morgan fingerprint density at radius 3 is 2.67 bits per heavy atom. The van der Waals surface area contributed by atoms with E-state index in [0.717, 1.165) is 5.69 Å². The number of hydrogen-bond acceptors (Lipinski definition) is 4. The van der Waals surface area contributed by atoms with Gasteiger partial charge in [-0.3, -0.25) is 0 Å². The van der Waals surface area contributed by atoms with E-state index >= 15 is 0 Å². The van der Waals surface area contributed by atoms with Crippen LogP contribution >= 0.6 is 35.6 Å². The molecule has 2 rings (SSSR count). The molecule has 3 N–H and O–H groups in total. The maximum absolute atomic E-state index is 5.79. The zero-order chi connectivity index (χ0) is 13.0. The summed E-state index contributed by atoms with van der Waals surface area (Å²) in [6.07, 6.45) is 1.90. The van der Waals surface area contributed by atoms with Gasteiger partial charge < -0.3 is 10.6 Å². The Hall–Kier alpha value is -1.31. The van der Waals surface area contributed by atoms with Crippen LogP contribution in [0.2, 0.25) is 5.02 Å². The third-order valence-electron chi connectivity index (χ3n) is 1.98. The molecule has 2 aromatic rings. The molecule has 0 bridgehead atoms. The van der Waals surface area contributed by atoms with E-state index in [1.807, 2.05) is 18.4 Å². The molecule has 0 radical (unpaired) electrons. The van der Waals surface area contributed by atoms with E-state index in [1.54, 1.807) is 12.1 Å². The zero-order valence-electron chi connectivity index (χ0n) is 9.40. The van der Waals surface area contributed by atoms with Crippen LogP contribution in [0.4, 0.5) is 11.6 Å². The number of H-pyrrole nitrogens is 1. The van der Waals surface area contributed by atoms with Crippen molar-refractivity contribution in [2.45, 2.75) is 5.16 Å². The Morgan fingerprint density at radius 2 is 2.06 bits per heavy atom. The molecule has 8 heteroatoms. The largest absolute Gasteiger partial charge is 0.332 e. The van der Waals surface area contributed by atoms with E-state index in [2.05, 4.69) is 25.8 Å². The number of nitrogens with one attached hydrogen (secondary N) is 3. The molecule has 0 aliphatic carbocycles. The monoisotopic (exact) mass is 299 g/mol. The second-order valence-electron chi connectivity index (χ2n) is 3.26. The van der Waals surface area contributed by atoms with Crippen molar-refractivity contribution < 1.29 is 0 Å². The number of hydrogen-bond donors (Lipinski definition) is 3. The van der Waals surface area contributed by atoms with Crippen LogP contribution in [0.25, 0.3) is 0 Å². The quantitative estimate of drug-likeness (QED) is 0.598. The predicted molar refractivity (Wildman–Crippen MR) is 79.5 cm³/mol. The Bertz CT molecular complexity index is 539. The molecule has 0 aliphatic heterocycles. The number of nitrogens with zero attached hydrogens (tertiary/aromatic N) is 2. The Balaban J connectivity index is 1.94. The second-order valence-corrected chi connectivity index (χ2v) is 4.87. The van der Waals surface area contributed by atoms with Gasteiger partial charge in [0.1, 0.15) is 0 Å². The number of thiocarbonyl (C=S) groups is 1. The maximum Gasteiger partial charge on any atom is 0.225 e. The van der Waals surface area contributed by atoms with Crippen molar-refractivity contribution in [2.24, 2.45) is 0 Å². The molecule has 0 fully saturated rings. The van der Waals surface area contributed by atoms with Crippen molar-refractivity contribution in [1.29, 1.82) is 0 Å². The van der Waals surface area contributed by atoms with Gasteiger partial charge in [0.2, 0.25) is 11.1 Å². The van der Waals surface area contributed by atoms with Gasteiger partial charge in [0.25, 0.3) is 0 Å². The average molecular weight is 300 g/mol. The van der Waals surface area contributed by atoms with Crippen LogP contribution < -0.4 is 10.6 Å². The minimum atomic E-state index is 0.432. The molecule has 18 heavy (non-hydrogen) atoms. The molecule has 1 aromatic heterocycles. The molecule has 0 saturated heterocycles. The number of aromatic nitrogens is 3. The highest BCUT2D eigenvalue weighted by Crippen LogP contribution is 2.14. The van der Waals surface area contributed by atoms with Gasteiger partial charge in [-0.05, 0) is 42.7 Å². The first-order chi connectivity index (χ1) is 8.67. The smallest absolute Gasteiger partial charge is 0.225 e. The molecule has 0 unspecified atom stereocenters. The number of anilines is 2. The lowest BCUT2D eigenvalue weighted by molar-refractivity contribution is 0.976. The Morgan fingerprint density at radius 1 is 1.33 bits per heavy atom. The van der Waals surface area contributed by atoms with Gasteiger partial charge in [0.05, 0.1) is 0 Å². The minimum Gasteiger partial charge on any atom is -0.332 e. The van der Waals surface area contributed by atoms with Crippen LogP contribution in [0.1, 0.15) is 0 Å². The zero-order valence-corrected chi connectivity index (χ0v) is 11.8. The van der Waals surface area contributed by atoms with Crippen molar-refractivity contribution in [3.05, 3.63) is 29.3 Å². The summed E-state index contributed by atoms with van der Waals surface area (Å²) in [5, 5.41) is 14.4. The predicted octanol–water partition coefficient (Wildman–Crippen LogP) is 2.99. The number of benzene rings is 1. The summed E-state index contributed by atoms with van der Waals surface area (Å²) in [6, 6.07) is 7.24. The van der Waals surface area contributed by atoms with E-state index in [-0.39, 0.29) is 0 Å². The van der Waals surface area contributed by atoms with E-state index in [0.29, 0.717) is 21.2 Å². The van der Waals surface area contributed by atoms with Gasteiger partial charge in [0.15, 0.2) is 5.11 Å². The van der Waals surface area contributed by atoms with E-state index in [1.165, 1.54) is 11.8 Å². The van der Waals surface area contributed by atoms with Gasteiger partial charge in [-0.2, -0.15) is 4.98 Å². The van der Waals surface area contributed by atoms with Gasteiger partial charge in [0, 0.05) is 10.7 Å². The van der Waals surface area contributed by atoms with Crippen LogP contribution in [0, 0.1) is 0 Å². The summed E-state index contributed by atoms with van der Waals surface area (Å²) < 4.78 is 0. The molecular weight excluding hydrogens is 290 g/mol. The summed E-state index contributed by atoms with van der Waals surface area (Å²) >= 11 is 12.4. The molecule has 94 valence electrons. The molecule has 0 spiro atoms. The first-order valence-electron chi connectivity index (χ1n) is 4.97. The molecular formula is C10H10ClN5S2. The standard InChI is InChI=1S/C10H10ClN5S2/c1-18-10-14-8(15-16-10)13-9(17)12-7-4-2-6(11)3-5-7/h2-5H,1H3,(H3,12,13,14,15,16,17). The molecule has 0 aliphatic rings. The first kappa shape index (κ1) is 13.1. The molecule has 0 saturated carbocycles. The van der Waals surface area contributed by atoms with E-state index in [9.17, 15) is 0 Å². The highest BCUT2D eigenvalue weighted by Gasteiger charge is 2.03. The molecule has 5 nitrogen and oxygen atoms in total. The third-order valence-corrected chi connectivity index (χ3v) is 2.99. The molecule has 0 atom stereocenters. The highest BCUT2D eigenvalue weighted by molar-refractivity contribution is 7.98. The molecule has 1 aromatic carbocycles. The second kappa shape index (κ2) is 6.03. The maximum atomic E-state index is 5.79. The van der Waals surface area contributed by atoms with Crippen molar-refractivity contribution in [1.82, 2.24) is 15.2 Å². The fraction of sp³-hybridized carbons (Fsp3) is 0.100. The van der Waals surface area contributed by atoms with Crippen molar-refractivity contribution in [3.63, 3.8) is 0 Å². The molecule has 0 amide bonds. The van der Waals surface area contributed by atoms with E-state index < -0.39 is 0 Å². The summed E-state index contributed by atoms with van der Waals surface area (Å²) in [5.41, 5.74) is 0.849. The highest BCUT2D eigenvalue weighted by atomic mass is 35.5. The lowest BCUT2D eigenvalue weighted by Crippen LogP contribution is -2.19. The van der Waals surface area contributed by atoms with Crippen LogP contribution in [0.3, 0.4) is 0 Å². The van der Waals surface area contributed by atoms with Gasteiger partial charge in [-0.15, -0.1) is 5.10 Å².